The third kappa shape index (κ3) is 7.77. The van der Waals surface area contributed by atoms with Gasteiger partial charge in [-0.05, 0) is 63.3 Å². The fourth-order valence-electron chi connectivity index (χ4n) is 4.57. The van der Waals surface area contributed by atoms with E-state index in [0.29, 0.717) is 27.7 Å². The van der Waals surface area contributed by atoms with Crippen LogP contribution in [-0.4, -0.2) is 60.1 Å². The molecule has 3 aromatic rings. The van der Waals surface area contributed by atoms with Crippen LogP contribution in [0.2, 0.25) is 0 Å². The first-order chi connectivity index (χ1) is 19.8. The van der Waals surface area contributed by atoms with E-state index in [2.05, 4.69) is 10.3 Å². The van der Waals surface area contributed by atoms with Gasteiger partial charge in [0.2, 0.25) is 5.91 Å². The Bertz CT molecular complexity index is 1510. The normalized spacial score (nSPS) is 13.4. The monoisotopic (exact) mass is 619 g/mol. The van der Waals surface area contributed by atoms with Crippen LogP contribution >= 0.6 is 34.4 Å². The van der Waals surface area contributed by atoms with Crippen LogP contribution in [0.5, 0.6) is 5.75 Å². The van der Waals surface area contributed by atoms with Crippen LogP contribution in [0, 0.1) is 0 Å². The van der Waals surface area contributed by atoms with Crippen molar-refractivity contribution in [3.63, 3.8) is 0 Å². The lowest BCUT2D eigenvalue weighted by Crippen LogP contribution is -2.23. The van der Waals surface area contributed by atoms with E-state index >= 15 is 0 Å². The zero-order valence-electron chi connectivity index (χ0n) is 23.3. The highest BCUT2D eigenvalue weighted by Crippen LogP contribution is 2.38. The Hall–Kier alpha value is -3.16. The predicted octanol–water partition coefficient (Wildman–Crippen LogP) is 4.58. The van der Waals surface area contributed by atoms with Crippen molar-refractivity contribution in [3.05, 3.63) is 39.0 Å². The Morgan fingerprint density at radius 2 is 1.85 bits per heavy atom. The topological polar surface area (TPSA) is 125 Å². The number of ether oxygens (including phenoxy) is 3. The number of hydrogen-bond donors (Lipinski definition) is 1. The number of thioether (sulfide) groups is 1. The molecule has 0 saturated heterocycles. The lowest BCUT2D eigenvalue weighted by Gasteiger charge is -2.07. The number of hydrogen-bond acceptors (Lipinski definition) is 10. The summed E-state index contributed by atoms with van der Waals surface area (Å²) in [6, 6.07) is 5.48. The molecule has 1 aliphatic carbocycles. The average molecular weight is 620 g/mol. The summed E-state index contributed by atoms with van der Waals surface area (Å²) in [6.07, 6.45) is 4.83. The smallest absolute Gasteiger partial charge is 0.341 e. The van der Waals surface area contributed by atoms with Gasteiger partial charge >= 0.3 is 11.9 Å². The van der Waals surface area contributed by atoms with E-state index in [1.54, 1.807) is 17.6 Å². The molecule has 0 unspecified atom stereocenters. The Balaban J connectivity index is 1.45. The number of thiophene rings is 1. The maximum absolute atomic E-state index is 12.8. The number of amides is 2. The Kier molecular flexibility index (Phi) is 11.0. The first kappa shape index (κ1) is 30.8. The summed E-state index contributed by atoms with van der Waals surface area (Å²) < 4.78 is 18.1. The summed E-state index contributed by atoms with van der Waals surface area (Å²) in [6.45, 7) is 4.30. The highest BCUT2D eigenvalue weighted by Gasteiger charge is 2.26. The molecule has 220 valence electrons. The molecular formula is C28H33N3O7S3. The molecule has 41 heavy (non-hydrogen) atoms. The first-order valence-corrected chi connectivity index (χ1v) is 16.2. The van der Waals surface area contributed by atoms with Crippen LogP contribution in [0.15, 0.2) is 23.2 Å². The summed E-state index contributed by atoms with van der Waals surface area (Å²) in [4.78, 5) is 56.0. The number of methoxy groups -OCH3 is 1. The lowest BCUT2D eigenvalue weighted by atomic mass is 10.1. The van der Waals surface area contributed by atoms with Gasteiger partial charge in [-0.2, -0.15) is 4.99 Å². The molecular weight excluding hydrogens is 587 g/mol. The molecule has 10 nitrogen and oxygen atoms in total. The number of benzene rings is 1. The van der Waals surface area contributed by atoms with Crippen LogP contribution in [0.1, 0.15) is 53.9 Å². The second kappa shape index (κ2) is 14.6. The molecule has 0 radical (unpaired) electrons. The molecule has 2 aromatic heterocycles. The van der Waals surface area contributed by atoms with Crippen molar-refractivity contribution in [2.45, 2.75) is 52.5 Å². The van der Waals surface area contributed by atoms with E-state index in [0.717, 1.165) is 64.5 Å². The minimum atomic E-state index is -0.450. The number of fused-ring (bicyclic) bond motifs is 2. The number of thiazole rings is 1. The second-order valence-electron chi connectivity index (χ2n) is 9.15. The van der Waals surface area contributed by atoms with Gasteiger partial charge < -0.3 is 24.1 Å². The van der Waals surface area contributed by atoms with Crippen LogP contribution in [-0.2, 0) is 43.2 Å². The summed E-state index contributed by atoms with van der Waals surface area (Å²) in [5.74, 6) is -0.969. The number of esters is 2. The van der Waals surface area contributed by atoms with Crippen LogP contribution in [0.3, 0.4) is 0 Å². The molecule has 13 heteroatoms. The standard InChI is InChI=1S/C28H33N3O7S3/c1-4-37-17-11-12-19-21(13-17)41-28(31(19)14-24(34)38-5-2)30-23(33)16-39-15-22(32)29-26-25(27(35)36-3)18-9-7-6-8-10-20(18)40-26/h11-13H,4-10,14-16H2,1-3H3,(H,29,32). The third-order valence-electron chi connectivity index (χ3n) is 6.30. The number of nitrogens with zero attached hydrogens (tertiary/aromatic N) is 2. The van der Waals surface area contributed by atoms with Crippen molar-refractivity contribution in [1.82, 2.24) is 4.57 Å². The molecule has 1 N–H and O–H groups in total. The van der Waals surface area contributed by atoms with Gasteiger partial charge in [-0.15, -0.1) is 23.1 Å². The van der Waals surface area contributed by atoms with E-state index in [4.69, 9.17) is 14.2 Å². The van der Waals surface area contributed by atoms with E-state index < -0.39 is 17.8 Å². The molecule has 0 atom stereocenters. The Morgan fingerprint density at radius 1 is 1.05 bits per heavy atom. The zero-order valence-corrected chi connectivity index (χ0v) is 25.7. The zero-order chi connectivity index (χ0) is 29.4. The van der Waals surface area contributed by atoms with Gasteiger partial charge in [0.1, 0.15) is 17.3 Å². The van der Waals surface area contributed by atoms with E-state index in [1.807, 2.05) is 19.1 Å². The van der Waals surface area contributed by atoms with Crippen molar-refractivity contribution in [2.24, 2.45) is 4.99 Å². The van der Waals surface area contributed by atoms with Crippen molar-refractivity contribution < 1.29 is 33.4 Å². The maximum Gasteiger partial charge on any atom is 0.341 e. The minimum absolute atomic E-state index is 0.0113. The van der Waals surface area contributed by atoms with E-state index in [1.165, 1.54) is 29.8 Å². The van der Waals surface area contributed by atoms with Gasteiger partial charge in [-0.1, -0.05) is 17.8 Å². The maximum atomic E-state index is 12.8. The molecule has 4 rings (SSSR count). The van der Waals surface area contributed by atoms with Crippen LogP contribution in [0.4, 0.5) is 5.00 Å². The molecule has 0 fully saturated rings. The number of rotatable bonds is 11. The van der Waals surface area contributed by atoms with Crippen molar-refractivity contribution in [1.29, 1.82) is 0 Å². The highest BCUT2D eigenvalue weighted by atomic mass is 32.2. The minimum Gasteiger partial charge on any atom is -0.494 e. The van der Waals surface area contributed by atoms with Gasteiger partial charge in [-0.25, -0.2) is 4.79 Å². The Labute approximate surface area is 250 Å². The predicted molar refractivity (Wildman–Crippen MR) is 161 cm³/mol. The van der Waals surface area contributed by atoms with Gasteiger partial charge in [0, 0.05) is 4.88 Å². The molecule has 1 aromatic carbocycles. The SMILES string of the molecule is CCOC(=O)Cn1c(=NC(=O)CSCC(=O)Nc2sc3c(c2C(=O)OC)CCCCC3)sc2cc(OCC)ccc21. The summed E-state index contributed by atoms with van der Waals surface area (Å²) >= 11 is 3.83. The van der Waals surface area contributed by atoms with Crippen molar-refractivity contribution >= 4 is 73.4 Å². The summed E-state index contributed by atoms with van der Waals surface area (Å²) in [7, 11) is 1.34. The molecule has 0 bridgehead atoms. The fraction of sp³-hybridized carbons (Fsp3) is 0.464. The van der Waals surface area contributed by atoms with E-state index in [-0.39, 0.29) is 30.6 Å². The molecule has 2 heterocycles. The van der Waals surface area contributed by atoms with Gasteiger partial charge in [0.15, 0.2) is 4.80 Å². The Morgan fingerprint density at radius 3 is 2.61 bits per heavy atom. The number of carbonyl (C=O) groups is 4. The molecule has 0 saturated carbocycles. The van der Waals surface area contributed by atoms with Gasteiger partial charge in [-0.3, -0.25) is 14.4 Å². The van der Waals surface area contributed by atoms with E-state index in [9.17, 15) is 19.2 Å². The summed E-state index contributed by atoms with van der Waals surface area (Å²) in [5, 5.41) is 3.36. The molecule has 1 aliphatic rings. The number of carbonyl (C=O) groups excluding carboxylic acids is 4. The van der Waals surface area contributed by atoms with Gasteiger partial charge in [0.25, 0.3) is 5.91 Å². The second-order valence-corrected chi connectivity index (χ2v) is 12.2. The average Bonchev–Trinajstić information content (AvgIpc) is 3.34. The van der Waals surface area contributed by atoms with Crippen molar-refractivity contribution in [2.75, 3.05) is 37.1 Å². The quantitative estimate of drug-likeness (QED) is 0.244. The van der Waals surface area contributed by atoms with Crippen LogP contribution < -0.4 is 14.9 Å². The van der Waals surface area contributed by atoms with Gasteiger partial charge in [0.05, 0.1) is 47.6 Å². The summed E-state index contributed by atoms with van der Waals surface area (Å²) in [5.41, 5.74) is 2.16. The molecule has 2 amide bonds. The fourth-order valence-corrected chi connectivity index (χ4v) is 7.53. The number of aromatic nitrogens is 1. The largest absolute Gasteiger partial charge is 0.494 e. The van der Waals surface area contributed by atoms with Crippen molar-refractivity contribution in [3.8, 4) is 5.75 Å². The lowest BCUT2D eigenvalue weighted by molar-refractivity contribution is -0.143. The number of anilines is 1. The first-order valence-electron chi connectivity index (χ1n) is 13.4. The highest BCUT2D eigenvalue weighted by molar-refractivity contribution is 8.00. The molecule has 0 spiro atoms. The number of nitrogens with one attached hydrogen (secondary N) is 1. The van der Waals surface area contributed by atoms with Crippen LogP contribution in [0.25, 0.3) is 10.2 Å². The molecule has 0 aliphatic heterocycles. The number of aryl methyl sites for hydroxylation is 1. The third-order valence-corrected chi connectivity index (χ3v) is 9.47.